The maximum Gasteiger partial charge on any atom is 0.229 e. The average Bonchev–Trinajstić information content (AvgIpc) is 2.93. The van der Waals surface area contributed by atoms with Crippen molar-refractivity contribution in [3.05, 3.63) is 48.6 Å². The van der Waals surface area contributed by atoms with Crippen molar-refractivity contribution in [1.82, 2.24) is 10.2 Å². The number of nitrogens with one attached hydrogen (secondary N) is 1. The molecule has 5 nitrogen and oxygen atoms in total. The zero-order valence-corrected chi connectivity index (χ0v) is 20.7. The fourth-order valence-electron chi connectivity index (χ4n) is 2.42. The van der Waals surface area contributed by atoms with Crippen LogP contribution in [-0.4, -0.2) is 47.4 Å². The van der Waals surface area contributed by atoms with E-state index in [-0.39, 0.29) is 11.7 Å². The first-order valence-corrected chi connectivity index (χ1v) is 11.1. The van der Waals surface area contributed by atoms with E-state index in [0.29, 0.717) is 31.3 Å². The molecule has 0 aromatic rings. The number of hydrogen-bond acceptors (Lipinski definition) is 4. The van der Waals surface area contributed by atoms with E-state index in [4.69, 9.17) is 0 Å². The van der Waals surface area contributed by atoms with Gasteiger partial charge in [0, 0.05) is 24.7 Å². The molecule has 0 spiro atoms. The maximum atomic E-state index is 13.4. The average molecular weight is 438 g/mol. The number of aliphatic hydroxyl groups is 1. The summed E-state index contributed by atoms with van der Waals surface area (Å²) in [6, 6.07) is 0. The Morgan fingerprint density at radius 3 is 2.61 bits per heavy atom. The Bertz CT molecular complexity index is 631. The topological polar surface area (TPSA) is 64.9 Å². The molecule has 1 aliphatic rings. The first kappa shape index (κ1) is 31.1. The van der Waals surface area contributed by atoms with Crippen molar-refractivity contribution >= 4 is 11.6 Å². The van der Waals surface area contributed by atoms with Gasteiger partial charge in [0.05, 0.1) is 17.8 Å². The summed E-state index contributed by atoms with van der Waals surface area (Å²) in [6.07, 6.45) is 11.6. The molecule has 0 fully saturated rings. The molecule has 0 saturated carbocycles. The summed E-state index contributed by atoms with van der Waals surface area (Å²) in [6.45, 7) is 16.7. The van der Waals surface area contributed by atoms with Crippen LogP contribution < -0.4 is 5.32 Å². The molecule has 1 unspecified atom stereocenters. The van der Waals surface area contributed by atoms with Crippen LogP contribution in [0.1, 0.15) is 73.6 Å². The van der Waals surface area contributed by atoms with Crippen molar-refractivity contribution < 1.29 is 14.3 Å². The zero-order valence-electron chi connectivity index (χ0n) is 20.7. The van der Waals surface area contributed by atoms with Crippen LogP contribution in [0.25, 0.3) is 0 Å². The first-order chi connectivity index (χ1) is 14.6. The summed E-state index contributed by atoms with van der Waals surface area (Å²) in [7, 11) is 2.03. The molecule has 0 bridgehead atoms. The highest BCUT2D eigenvalue weighted by Crippen LogP contribution is 2.23. The normalized spacial score (nSPS) is 16.1. The van der Waals surface area contributed by atoms with E-state index in [1.165, 1.54) is 6.92 Å². The second kappa shape index (κ2) is 18.7. The van der Waals surface area contributed by atoms with Gasteiger partial charge >= 0.3 is 0 Å². The Balaban J connectivity index is 0. The molecule has 178 valence electrons. The van der Waals surface area contributed by atoms with Crippen molar-refractivity contribution in [3.63, 3.8) is 0 Å². The van der Waals surface area contributed by atoms with Crippen LogP contribution in [0.15, 0.2) is 53.6 Å². The summed E-state index contributed by atoms with van der Waals surface area (Å²) in [4.78, 5) is 16.7. The monoisotopic (exact) mass is 437 g/mol. The fraction of sp³-hybridized carbons (Fsp3) is 0.600. The summed E-state index contributed by atoms with van der Waals surface area (Å²) in [5.41, 5.74) is 0.758. The predicted molar refractivity (Wildman–Crippen MR) is 132 cm³/mol. The molecule has 1 aliphatic heterocycles. The van der Waals surface area contributed by atoms with Crippen LogP contribution in [0.3, 0.4) is 0 Å². The van der Waals surface area contributed by atoms with Gasteiger partial charge in [-0.2, -0.15) is 0 Å². The van der Waals surface area contributed by atoms with Crippen LogP contribution in [0.2, 0.25) is 0 Å². The van der Waals surface area contributed by atoms with Gasteiger partial charge in [0.2, 0.25) is 5.91 Å². The number of amides is 1. The van der Waals surface area contributed by atoms with Gasteiger partial charge in [-0.05, 0) is 65.6 Å². The molecule has 0 saturated heterocycles. The number of carbonyl (C=O) groups is 1. The van der Waals surface area contributed by atoms with E-state index in [9.17, 15) is 14.3 Å². The number of halogens is 1. The zero-order chi connectivity index (χ0) is 24.3. The molecule has 2 N–H and O–H groups in total. The minimum absolute atomic E-state index is 0.00463. The quantitative estimate of drug-likeness (QED) is 0.340. The lowest BCUT2D eigenvalue weighted by Gasteiger charge is -2.26. The third-order valence-corrected chi connectivity index (χ3v) is 4.60. The van der Waals surface area contributed by atoms with Gasteiger partial charge in [-0.25, -0.2) is 4.39 Å². The van der Waals surface area contributed by atoms with Crippen molar-refractivity contribution in [2.45, 2.75) is 79.2 Å². The molecule has 1 atom stereocenters. The largest absolute Gasteiger partial charge is 0.390 e. The molecule has 0 aliphatic carbocycles. The Kier molecular flexibility index (Phi) is 18.8. The van der Waals surface area contributed by atoms with Crippen molar-refractivity contribution in [3.8, 4) is 0 Å². The van der Waals surface area contributed by atoms with Gasteiger partial charge in [-0.1, -0.05) is 39.0 Å². The molecule has 1 rings (SSSR count). The minimum atomic E-state index is -0.754. The minimum Gasteiger partial charge on any atom is -0.390 e. The van der Waals surface area contributed by atoms with Crippen LogP contribution >= 0.6 is 0 Å². The third kappa shape index (κ3) is 18.4. The second-order valence-electron chi connectivity index (χ2n) is 7.55. The lowest BCUT2D eigenvalue weighted by Crippen LogP contribution is -2.31. The molecule has 31 heavy (non-hydrogen) atoms. The molecule has 1 heterocycles. The van der Waals surface area contributed by atoms with Crippen molar-refractivity contribution in [2.24, 2.45) is 4.99 Å². The predicted octanol–water partition coefficient (Wildman–Crippen LogP) is 5.70. The van der Waals surface area contributed by atoms with Gasteiger partial charge in [0.25, 0.3) is 0 Å². The Morgan fingerprint density at radius 2 is 2.06 bits per heavy atom. The number of rotatable bonds is 10. The summed E-state index contributed by atoms with van der Waals surface area (Å²) < 4.78 is 13.4. The molecule has 1 amide bonds. The van der Waals surface area contributed by atoms with Gasteiger partial charge in [0.1, 0.15) is 0 Å². The Hall–Kier alpha value is -2.05. The highest BCUT2D eigenvalue weighted by atomic mass is 19.1. The highest BCUT2D eigenvalue weighted by Gasteiger charge is 2.21. The van der Waals surface area contributed by atoms with E-state index in [1.54, 1.807) is 24.6 Å². The Labute approximate surface area is 189 Å². The van der Waals surface area contributed by atoms with E-state index >= 15 is 0 Å². The lowest BCUT2D eigenvalue weighted by molar-refractivity contribution is -0.118. The van der Waals surface area contributed by atoms with Gasteiger partial charge < -0.3 is 15.3 Å². The molecule has 0 aromatic carbocycles. The maximum absolute atomic E-state index is 13.4. The molecule has 6 heteroatoms. The SMILES string of the molecule is C=CCC=C/C(CCC(C)(O)CCN(C)CC)=C(\C)F.CC.CC1=NC=CNC(=O)C1. The second-order valence-corrected chi connectivity index (χ2v) is 7.55. The summed E-state index contributed by atoms with van der Waals surface area (Å²) in [5.74, 6) is -0.170. The molecule has 0 radical (unpaired) electrons. The Morgan fingerprint density at radius 1 is 1.42 bits per heavy atom. The van der Waals surface area contributed by atoms with E-state index in [0.717, 1.165) is 25.2 Å². The summed E-state index contributed by atoms with van der Waals surface area (Å²) >= 11 is 0. The third-order valence-electron chi connectivity index (χ3n) is 4.60. The van der Waals surface area contributed by atoms with Crippen molar-refractivity contribution in [2.75, 3.05) is 20.1 Å². The number of nitrogens with zero attached hydrogens (tertiary/aromatic N) is 2. The van der Waals surface area contributed by atoms with E-state index in [1.807, 2.05) is 40.8 Å². The highest BCUT2D eigenvalue weighted by molar-refractivity contribution is 6.00. The van der Waals surface area contributed by atoms with Crippen LogP contribution in [0, 0.1) is 0 Å². The van der Waals surface area contributed by atoms with Crippen molar-refractivity contribution in [1.29, 1.82) is 0 Å². The molecule has 0 aromatic heterocycles. The van der Waals surface area contributed by atoms with E-state index in [2.05, 4.69) is 28.7 Å². The molecular weight excluding hydrogens is 393 g/mol. The fourth-order valence-corrected chi connectivity index (χ4v) is 2.42. The number of hydrogen-bond donors (Lipinski definition) is 2. The van der Waals surface area contributed by atoms with E-state index < -0.39 is 5.60 Å². The standard InChI is InChI=1S/C17H30FNO.C6H8N2O.C2H6/c1-6-8-9-10-16(15(3)18)11-12-17(4,20)13-14-19(5)7-2;1-5-4-6(9)8-3-2-7-5;1-2/h6,9-10,20H,1,7-8,11-14H2,2-5H3;2-3H,4H2,1H3,(H,8,9);1-2H3/b10-9?,16-15-;;. The van der Waals surface area contributed by atoms with Crippen LogP contribution in [0.4, 0.5) is 4.39 Å². The van der Waals surface area contributed by atoms with Gasteiger partial charge in [0.15, 0.2) is 0 Å². The van der Waals surface area contributed by atoms with Gasteiger partial charge in [-0.3, -0.25) is 9.79 Å². The van der Waals surface area contributed by atoms with Crippen LogP contribution in [0.5, 0.6) is 0 Å². The van der Waals surface area contributed by atoms with Crippen LogP contribution in [-0.2, 0) is 4.79 Å². The first-order valence-electron chi connectivity index (χ1n) is 11.1. The smallest absolute Gasteiger partial charge is 0.229 e. The number of allylic oxidation sites excluding steroid dienone is 5. The van der Waals surface area contributed by atoms with Gasteiger partial charge in [-0.15, -0.1) is 6.58 Å². The number of aliphatic imine (C=N–C) groups is 1. The number of carbonyl (C=O) groups excluding carboxylic acids is 1. The lowest BCUT2D eigenvalue weighted by atomic mass is 9.93. The molecular formula is C25H44FN3O2. The summed E-state index contributed by atoms with van der Waals surface area (Å²) in [5, 5.41) is 12.9.